The molecule has 1 aliphatic carbocycles. The fourth-order valence-electron chi connectivity index (χ4n) is 3.73. The molecule has 21 heavy (non-hydrogen) atoms. The lowest BCUT2D eigenvalue weighted by atomic mass is 9.77. The van der Waals surface area contributed by atoms with E-state index in [2.05, 4.69) is 10.3 Å². The van der Waals surface area contributed by atoms with Crippen LogP contribution < -0.4 is 5.32 Å². The molecule has 1 N–H and O–H groups in total. The van der Waals surface area contributed by atoms with E-state index >= 15 is 0 Å². The van der Waals surface area contributed by atoms with Crippen LogP contribution in [-0.4, -0.2) is 35.9 Å². The molecule has 2 fully saturated rings. The maximum Gasteiger partial charge on any atom is 0.255 e. The third-order valence-electron chi connectivity index (χ3n) is 5.10. The molecule has 1 saturated heterocycles. The number of hydrogen-bond donors (Lipinski definition) is 1. The van der Waals surface area contributed by atoms with E-state index in [1.165, 1.54) is 25.7 Å². The molecule has 0 atom stereocenters. The number of piperidine rings is 1. The minimum atomic E-state index is 0.0555. The van der Waals surface area contributed by atoms with Crippen molar-refractivity contribution >= 4 is 23.3 Å². The molecule has 4 nitrogen and oxygen atoms in total. The number of hydrogen-bond acceptors (Lipinski definition) is 3. The molecule has 114 valence electrons. The third kappa shape index (κ3) is 2.86. The zero-order valence-electron chi connectivity index (χ0n) is 12.5. The Bertz CT molecular complexity index is 530. The summed E-state index contributed by atoms with van der Waals surface area (Å²) in [4.78, 5) is 18.7. The number of likely N-dealkylation sites (tertiary alicyclic amines) is 1. The van der Waals surface area contributed by atoms with Gasteiger partial charge in [0, 0.05) is 26.3 Å². The van der Waals surface area contributed by atoms with Crippen molar-refractivity contribution in [3.05, 3.63) is 22.8 Å². The van der Waals surface area contributed by atoms with Gasteiger partial charge in [-0.25, -0.2) is 4.98 Å². The van der Waals surface area contributed by atoms with Crippen LogP contribution in [-0.2, 0) is 0 Å². The first-order valence-electron chi connectivity index (χ1n) is 7.76. The van der Waals surface area contributed by atoms with Crippen LogP contribution in [0.1, 0.15) is 48.9 Å². The second-order valence-corrected chi connectivity index (χ2v) is 6.71. The number of nitrogens with zero attached hydrogens (tertiary/aromatic N) is 2. The van der Waals surface area contributed by atoms with Crippen LogP contribution in [0.5, 0.6) is 0 Å². The number of carbonyl (C=O) groups is 1. The Morgan fingerprint density at radius 3 is 2.52 bits per heavy atom. The maximum atomic E-state index is 12.6. The van der Waals surface area contributed by atoms with Gasteiger partial charge in [0.05, 0.1) is 10.6 Å². The van der Waals surface area contributed by atoms with Crippen LogP contribution in [0.3, 0.4) is 0 Å². The van der Waals surface area contributed by atoms with Gasteiger partial charge in [-0.15, -0.1) is 0 Å². The third-order valence-corrected chi connectivity index (χ3v) is 5.39. The number of pyridine rings is 1. The molecule has 1 aromatic heterocycles. The molecule has 2 aliphatic rings. The predicted molar refractivity (Wildman–Crippen MR) is 84.8 cm³/mol. The van der Waals surface area contributed by atoms with E-state index in [1.807, 2.05) is 4.90 Å². The lowest BCUT2D eigenvalue weighted by Crippen LogP contribution is -2.42. The Hall–Kier alpha value is -1.29. The molecule has 0 radical (unpaired) electrons. The summed E-state index contributed by atoms with van der Waals surface area (Å²) in [6.45, 7) is 1.73. The van der Waals surface area contributed by atoms with Gasteiger partial charge in [0.1, 0.15) is 5.82 Å². The van der Waals surface area contributed by atoms with E-state index in [0.29, 0.717) is 21.8 Å². The molecular weight excluding hydrogens is 286 g/mol. The summed E-state index contributed by atoms with van der Waals surface area (Å²) >= 11 is 6.12. The molecule has 1 spiro atoms. The molecule has 1 aliphatic heterocycles. The van der Waals surface area contributed by atoms with Crippen molar-refractivity contribution in [1.29, 1.82) is 0 Å². The summed E-state index contributed by atoms with van der Waals surface area (Å²) in [6.07, 6.45) is 9.32. The lowest BCUT2D eigenvalue weighted by Gasteiger charge is -2.39. The highest BCUT2D eigenvalue weighted by Crippen LogP contribution is 2.46. The van der Waals surface area contributed by atoms with Crippen molar-refractivity contribution in [2.45, 2.75) is 38.5 Å². The topological polar surface area (TPSA) is 45.2 Å². The highest BCUT2D eigenvalue weighted by Gasteiger charge is 2.38. The van der Waals surface area contributed by atoms with Crippen LogP contribution in [0.4, 0.5) is 5.82 Å². The van der Waals surface area contributed by atoms with Gasteiger partial charge in [0.2, 0.25) is 0 Å². The standard InChI is InChI=1S/C16H22ClN3O/c1-18-14-13(17)10-12(11-19-14)15(21)20-8-6-16(7-9-20)4-2-3-5-16/h10-11H,2-9H2,1H3,(H,18,19). The SMILES string of the molecule is CNc1ncc(C(=O)N2CCC3(CCCC3)CC2)cc1Cl. The molecule has 1 amide bonds. The number of nitrogens with one attached hydrogen (secondary N) is 1. The van der Waals surface area contributed by atoms with Gasteiger partial charge < -0.3 is 10.2 Å². The summed E-state index contributed by atoms with van der Waals surface area (Å²) in [5.41, 5.74) is 1.12. The lowest BCUT2D eigenvalue weighted by molar-refractivity contribution is 0.0587. The number of amides is 1. The van der Waals surface area contributed by atoms with E-state index in [-0.39, 0.29) is 5.91 Å². The highest BCUT2D eigenvalue weighted by atomic mass is 35.5. The Morgan fingerprint density at radius 1 is 1.29 bits per heavy atom. The monoisotopic (exact) mass is 307 g/mol. The second-order valence-electron chi connectivity index (χ2n) is 6.30. The first-order valence-corrected chi connectivity index (χ1v) is 8.14. The zero-order valence-corrected chi connectivity index (χ0v) is 13.2. The molecule has 1 saturated carbocycles. The fourth-order valence-corrected chi connectivity index (χ4v) is 3.99. The minimum absolute atomic E-state index is 0.0555. The smallest absolute Gasteiger partial charge is 0.255 e. The normalized spacial score (nSPS) is 20.8. The molecule has 0 unspecified atom stereocenters. The summed E-state index contributed by atoms with van der Waals surface area (Å²) in [5, 5.41) is 3.40. The molecule has 5 heteroatoms. The summed E-state index contributed by atoms with van der Waals surface area (Å²) in [5.74, 6) is 0.664. The van der Waals surface area contributed by atoms with Gasteiger partial charge in [-0.3, -0.25) is 4.79 Å². The largest absolute Gasteiger partial charge is 0.372 e. The van der Waals surface area contributed by atoms with Gasteiger partial charge in [0.15, 0.2) is 0 Å². The van der Waals surface area contributed by atoms with Gasteiger partial charge in [0.25, 0.3) is 5.91 Å². The number of carbonyl (C=O) groups excluding carboxylic acids is 1. The van der Waals surface area contributed by atoms with Crippen molar-refractivity contribution in [3.63, 3.8) is 0 Å². The van der Waals surface area contributed by atoms with Gasteiger partial charge in [-0.1, -0.05) is 24.4 Å². The number of aromatic nitrogens is 1. The number of anilines is 1. The van der Waals surface area contributed by atoms with Crippen molar-refractivity contribution in [3.8, 4) is 0 Å². The number of halogens is 1. The maximum absolute atomic E-state index is 12.6. The molecule has 1 aromatic rings. The molecule has 0 bridgehead atoms. The van der Waals surface area contributed by atoms with Crippen molar-refractivity contribution < 1.29 is 4.79 Å². The Kier molecular flexibility index (Phi) is 4.07. The first kappa shape index (κ1) is 14.6. The van der Waals surface area contributed by atoms with Crippen LogP contribution in [0.15, 0.2) is 12.3 Å². The Labute approximate surface area is 130 Å². The number of rotatable bonds is 2. The molecule has 3 rings (SSSR count). The minimum Gasteiger partial charge on any atom is -0.372 e. The van der Waals surface area contributed by atoms with Crippen molar-refractivity contribution in [2.75, 3.05) is 25.5 Å². The molecule has 2 heterocycles. The van der Waals surface area contributed by atoms with Crippen LogP contribution in [0, 0.1) is 5.41 Å². The zero-order chi connectivity index (χ0) is 14.9. The fraction of sp³-hybridized carbons (Fsp3) is 0.625. The van der Waals surface area contributed by atoms with Crippen LogP contribution in [0.2, 0.25) is 5.02 Å². The Balaban J connectivity index is 1.67. The molecular formula is C16H22ClN3O. The van der Waals surface area contributed by atoms with Crippen molar-refractivity contribution in [2.24, 2.45) is 5.41 Å². The first-order chi connectivity index (χ1) is 10.1. The van der Waals surface area contributed by atoms with E-state index in [9.17, 15) is 4.79 Å². The van der Waals surface area contributed by atoms with Crippen LogP contribution in [0.25, 0.3) is 0 Å². The predicted octanol–water partition coefficient (Wildman–Crippen LogP) is 3.57. The average Bonchev–Trinajstić information content (AvgIpc) is 2.95. The van der Waals surface area contributed by atoms with Crippen LogP contribution >= 0.6 is 11.6 Å². The Morgan fingerprint density at radius 2 is 1.95 bits per heavy atom. The summed E-state index contributed by atoms with van der Waals surface area (Å²) in [7, 11) is 1.77. The van der Waals surface area contributed by atoms with E-state index in [1.54, 1.807) is 19.3 Å². The van der Waals surface area contributed by atoms with E-state index in [0.717, 1.165) is 25.9 Å². The summed E-state index contributed by atoms with van der Waals surface area (Å²) < 4.78 is 0. The van der Waals surface area contributed by atoms with Crippen molar-refractivity contribution in [1.82, 2.24) is 9.88 Å². The average molecular weight is 308 g/mol. The van der Waals surface area contributed by atoms with Gasteiger partial charge in [-0.2, -0.15) is 0 Å². The van der Waals surface area contributed by atoms with E-state index < -0.39 is 0 Å². The van der Waals surface area contributed by atoms with E-state index in [4.69, 9.17) is 11.6 Å². The molecule has 0 aromatic carbocycles. The van der Waals surface area contributed by atoms with Gasteiger partial charge >= 0.3 is 0 Å². The second kappa shape index (κ2) is 5.84. The van der Waals surface area contributed by atoms with Gasteiger partial charge in [-0.05, 0) is 37.2 Å². The summed E-state index contributed by atoms with van der Waals surface area (Å²) in [6, 6.07) is 1.71. The highest BCUT2D eigenvalue weighted by molar-refractivity contribution is 6.33. The quantitative estimate of drug-likeness (QED) is 0.908.